The Kier molecular flexibility index (Phi) is 4.35. The Morgan fingerprint density at radius 1 is 1.44 bits per heavy atom. The summed E-state index contributed by atoms with van der Waals surface area (Å²) < 4.78 is 7.36. The molecule has 0 spiro atoms. The summed E-state index contributed by atoms with van der Waals surface area (Å²) in [5.41, 5.74) is 6.86. The lowest BCUT2D eigenvalue weighted by atomic mass is 9.97. The van der Waals surface area contributed by atoms with E-state index in [0.717, 1.165) is 30.8 Å². The normalized spacial score (nSPS) is 11.8. The SMILES string of the molecule is COc1c(CCCN)cnn1CC(C)(C)C. The molecule has 1 rings (SSSR count). The topological polar surface area (TPSA) is 53.1 Å². The van der Waals surface area contributed by atoms with Gasteiger partial charge in [0.1, 0.15) is 0 Å². The zero-order valence-corrected chi connectivity index (χ0v) is 10.8. The lowest BCUT2D eigenvalue weighted by molar-refractivity contribution is 0.283. The van der Waals surface area contributed by atoms with E-state index in [9.17, 15) is 0 Å². The van der Waals surface area contributed by atoms with Crippen molar-refractivity contribution in [3.05, 3.63) is 11.8 Å². The predicted octanol–water partition coefficient (Wildman–Crippen LogP) is 1.83. The summed E-state index contributed by atoms with van der Waals surface area (Å²) in [6.07, 6.45) is 3.79. The monoisotopic (exact) mass is 225 g/mol. The molecule has 0 unspecified atom stereocenters. The third-order valence-electron chi connectivity index (χ3n) is 2.33. The second kappa shape index (κ2) is 5.34. The molecule has 0 amide bonds. The van der Waals surface area contributed by atoms with Gasteiger partial charge in [0, 0.05) is 12.1 Å². The fourth-order valence-electron chi connectivity index (χ4n) is 1.68. The van der Waals surface area contributed by atoms with Crippen molar-refractivity contribution in [1.29, 1.82) is 0 Å². The van der Waals surface area contributed by atoms with Gasteiger partial charge >= 0.3 is 0 Å². The van der Waals surface area contributed by atoms with Gasteiger partial charge in [-0.2, -0.15) is 5.10 Å². The second-order valence-electron chi connectivity index (χ2n) is 5.29. The van der Waals surface area contributed by atoms with Crippen LogP contribution in [0, 0.1) is 5.41 Å². The standard InChI is InChI=1S/C12H23N3O/c1-12(2,3)9-15-11(16-4)10(8-14-15)6-5-7-13/h8H,5-7,9,13H2,1-4H3. The number of hydrogen-bond acceptors (Lipinski definition) is 3. The zero-order chi connectivity index (χ0) is 12.2. The molecule has 0 saturated carbocycles. The molecule has 0 aliphatic rings. The van der Waals surface area contributed by atoms with Gasteiger partial charge in [0.2, 0.25) is 5.88 Å². The highest BCUT2D eigenvalue weighted by atomic mass is 16.5. The molecule has 4 heteroatoms. The molecule has 4 nitrogen and oxygen atoms in total. The third kappa shape index (κ3) is 3.52. The van der Waals surface area contributed by atoms with E-state index in [-0.39, 0.29) is 5.41 Å². The van der Waals surface area contributed by atoms with Crippen LogP contribution in [0.1, 0.15) is 32.8 Å². The molecular formula is C12H23N3O. The Morgan fingerprint density at radius 3 is 2.62 bits per heavy atom. The lowest BCUT2D eigenvalue weighted by Gasteiger charge is -2.19. The van der Waals surface area contributed by atoms with Gasteiger partial charge in [-0.3, -0.25) is 0 Å². The van der Waals surface area contributed by atoms with Crippen LogP contribution in [0.5, 0.6) is 5.88 Å². The minimum atomic E-state index is 0.199. The number of aryl methyl sites for hydroxylation is 1. The van der Waals surface area contributed by atoms with Gasteiger partial charge in [0.05, 0.1) is 13.3 Å². The number of methoxy groups -OCH3 is 1. The van der Waals surface area contributed by atoms with Gasteiger partial charge in [-0.15, -0.1) is 0 Å². The van der Waals surface area contributed by atoms with Crippen molar-refractivity contribution < 1.29 is 4.74 Å². The van der Waals surface area contributed by atoms with Crippen LogP contribution in [0.15, 0.2) is 6.20 Å². The molecule has 0 saturated heterocycles. The van der Waals surface area contributed by atoms with Crippen LogP contribution < -0.4 is 10.5 Å². The summed E-state index contributed by atoms with van der Waals surface area (Å²) in [6, 6.07) is 0. The van der Waals surface area contributed by atoms with Crippen molar-refractivity contribution in [2.45, 2.75) is 40.2 Å². The first-order valence-electron chi connectivity index (χ1n) is 5.76. The first-order chi connectivity index (χ1) is 7.48. The molecule has 0 atom stereocenters. The number of aromatic nitrogens is 2. The maximum Gasteiger partial charge on any atom is 0.214 e. The molecule has 16 heavy (non-hydrogen) atoms. The average molecular weight is 225 g/mol. The van der Waals surface area contributed by atoms with Gasteiger partial charge in [-0.25, -0.2) is 4.68 Å². The van der Waals surface area contributed by atoms with E-state index in [0.29, 0.717) is 6.54 Å². The van der Waals surface area contributed by atoms with Crippen molar-refractivity contribution in [2.75, 3.05) is 13.7 Å². The van der Waals surface area contributed by atoms with Crippen LogP contribution in [0.4, 0.5) is 0 Å². The molecule has 0 bridgehead atoms. The van der Waals surface area contributed by atoms with Gasteiger partial charge in [0.15, 0.2) is 0 Å². The largest absolute Gasteiger partial charge is 0.481 e. The van der Waals surface area contributed by atoms with Crippen LogP contribution in [0.25, 0.3) is 0 Å². The minimum absolute atomic E-state index is 0.199. The molecule has 1 aromatic heterocycles. The lowest BCUT2D eigenvalue weighted by Crippen LogP contribution is -2.17. The Balaban J connectivity index is 2.82. The van der Waals surface area contributed by atoms with Crippen LogP contribution in [0.2, 0.25) is 0 Å². The van der Waals surface area contributed by atoms with Gasteiger partial charge in [-0.1, -0.05) is 20.8 Å². The average Bonchev–Trinajstić information content (AvgIpc) is 2.54. The molecule has 2 N–H and O–H groups in total. The van der Waals surface area contributed by atoms with Gasteiger partial charge in [-0.05, 0) is 24.8 Å². The fourth-order valence-corrected chi connectivity index (χ4v) is 1.68. The molecule has 0 fully saturated rings. The minimum Gasteiger partial charge on any atom is -0.481 e. The number of hydrogen-bond donors (Lipinski definition) is 1. The number of nitrogens with zero attached hydrogens (tertiary/aromatic N) is 2. The molecule has 0 aromatic carbocycles. The summed E-state index contributed by atoms with van der Waals surface area (Å²) in [7, 11) is 1.70. The smallest absolute Gasteiger partial charge is 0.214 e. The van der Waals surface area contributed by atoms with E-state index in [1.165, 1.54) is 0 Å². The van der Waals surface area contributed by atoms with Crippen molar-refractivity contribution >= 4 is 0 Å². The molecule has 92 valence electrons. The fraction of sp³-hybridized carbons (Fsp3) is 0.750. The summed E-state index contributed by atoms with van der Waals surface area (Å²) in [4.78, 5) is 0. The van der Waals surface area contributed by atoms with Crippen molar-refractivity contribution in [3.8, 4) is 5.88 Å². The van der Waals surface area contributed by atoms with Crippen LogP contribution in [0.3, 0.4) is 0 Å². The van der Waals surface area contributed by atoms with E-state index in [1.54, 1.807) is 7.11 Å². The maximum atomic E-state index is 5.51. The first kappa shape index (κ1) is 13.0. The third-order valence-corrected chi connectivity index (χ3v) is 2.33. The highest BCUT2D eigenvalue weighted by Crippen LogP contribution is 2.24. The second-order valence-corrected chi connectivity index (χ2v) is 5.29. The Morgan fingerprint density at radius 2 is 2.12 bits per heavy atom. The number of ether oxygens (including phenoxy) is 1. The van der Waals surface area contributed by atoms with E-state index in [2.05, 4.69) is 25.9 Å². The number of rotatable bonds is 5. The Hall–Kier alpha value is -1.03. The number of nitrogens with two attached hydrogens (primary N) is 1. The molecular weight excluding hydrogens is 202 g/mol. The maximum absolute atomic E-state index is 5.51. The van der Waals surface area contributed by atoms with Crippen molar-refractivity contribution in [2.24, 2.45) is 11.1 Å². The molecule has 1 aromatic rings. The van der Waals surface area contributed by atoms with E-state index < -0.39 is 0 Å². The molecule has 0 aliphatic heterocycles. The molecule has 1 heterocycles. The van der Waals surface area contributed by atoms with Crippen LogP contribution in [-0.2, 0) is 13.0 Å². The highest BCUT2D eigenvalue weighted by Gasteiger charge is 2.17. The highest BCUT2D eigenvalue weighted by molar-refractivity contribution is 5.24. The van der Waals surface area contributed by atoms with Crippen molar-refractivity contribution in [1.82, 2.24) is 9.78 Å². The Labute approximate surface area is 97.8 Å². The van der Waals surface area contributed by atoms with Gasteiger partial charge < -0.3 is 10.5 Å². The van der Waals surface area contributed by atoms with Crippen LogP contribution >= 0.6 is 0 Å². The Bertz CT molecular complexity index is 325. The quantitative estimate of drug-likeness (QED) is 0.831. The summed E-state index contributed by atoms with van der Waals surface area (Å²) in [5.74, 6) is 0.878. The van der Waals surface area contributed by atoms with E-state index in [1.807, 2.05) is 10.9 Å². The summed E-state index contributed by atoms with van der Waals surface area (Å²) >= 11 is 0. The zero-order valence-electron chi connectivity index (χ0n) is 10.8. The summed E-state index contributed by atoms with van der Waals surface area (Å²) in [5, 5.41) is 4.38. The molecule has 0 radical (unpaired) electrons. The van der Waals surface area contributed by atoms with Gasteiger partial charge in [0.25, 0.3) is 0 Å². The summed E-state index contributed by atoms with van der Waals surface area (Å²) in [6.45, 7) is 8.13. The predicted molar refractivity (Wildman–Crippen MR) is 65.6 cm³/mol. The van der Waals surface area contributed by atoms with Crippen LogP contribution in [-0.4, -0.2) is 23.4 Å². The first-order valence-corrected chi connectivity index (χ1v) is 5.76. The molecule has 0 aliphatic carbocycles. The van der Waals surface area contributed by atoms with E-state index in [4.69, 9.17) is 10.5 Å². The van der Waals surface area contributed by atoms with Crippen molar-refractivity contribution in [3.63, 3.8) is 0 Å². The van der Waals surface area contributed by atoms with E-state index >= 15 is 0 Å².